The van der Waals surface area contributed by atoms with Gasteiger partial charge in [0.2, 0.25) is 0 Å². The lowest BCUT2D eigenvalue weighted by molar-refractivity contribution is -0.00374. The molecule has 0 aliphatic heterocycles. The van der Waals surface area contributed by atoms with Gasteiger partial charge in [0.05, 0.1) is 18.8 Å². The van der Waals surface area contributed by atoms with Gasteiger partial charge in [0.15, 0.2) is 0 Å². The Morgan fingerprint density at radius 3 is 2.30 bits per heavy atom. The van der Waals surface area contributed by atoms with Crippen LogP contribution in [0.2, 0.25) is 0 Å². The monoisotopic (exact) mass is 278 g/mol. The highest BCUT2D eigenvalue weighted by Crippen LogP contribution is 2.16. The van der Waals surface area contributed by atoms with Crippen molar-refractivity contribution in [3.05, 3.63) is 35.9 Å². The van der Waals surface area contributed by atoms with Crippen LogP contribution in [0, 0.1) is 0 Å². The smallest absolute Gasteiger partial charge is 0.0720 e. The molecule has 1 aromatic rings. The van der Waals surface area contributed by atoms with E-state index in [1.54, 1.807) is 0 Å². The lowest BCUT2D eigenvalue weighted by atomic mass is 10.0. The summed E-state index contributed by atoms with van der Waals surface area (Å²) >= 11 is 0. The van der Waals surface area contributed by atoms with Crippen LogP contribution in [0.1, 0.15) is 64.4 Å². The second-order valence-electron chi connectivity index (χ2n) is 5.59. The maximum Gasteiger partial charge on any atom is 0.0720 e. The molecule has 20 heavy (non-hydrogen) atoms. The van der Waals surface area contributed by atoms with Crippen molar-refractivity contribution in [3.8, 4) is 0 Å². The van der Waals surface area contributed by atoms with Crippen molar-refractivity contribution in [2.45, 2.75) is 77.6 Å². The van der Waals surface area contributed by atoms with E-state index >= 15 is 0 Å². The fraction of sp³-hybridized carbons (Fsp3) is 0.667. The summed E-state index contributed by atoms with van der Waals surface area (Å²) in [5.74, 6) is 0. The maximum atomic E-state index is 10.1. The van der Waals surface area contributed by atoms with Crippen LogP contribution >= 0.6 is 0 Å². The zero-order valence-corrected chi connectivity index (χ0v) is 13.1. The van der Waals surface area contributed by atoms with E-state index in [9.17, 15) is 5.11 Å². The van der Waals surface area contributed by atoms with Gasteiger partial charge in [-0.3, -0.25) is 0 Å². The van der Waals surface area contributed by atoms with Gasteiger partial charge in [0.25, 0.3) is 0 Å². The molecule has 0 amide bonds. The Morgan fingerprint density at radius 1 is 1.00 bits per heavy atom. The first kappa shape index (κ1) is 17.2. The largest absolute Gasteiger partial charge is 0.393 e. The molecule has 1 rings (SSSR count). The molecular formula is C18H30O2. The fourth-order valence-corrected chi connectivity index (χ4v) is 2.35. The molecule has 0 saturated carbocycles. The average molecular weight is 278 g/mol. The van der Waals surface area contributed by atoms with Gasteiger partial charge in [-0.1, -0.05) is 69.9 Å². The summed E-state index contributed by atoms with van der Waals surface area (Å²) < 4.78 is 6.02. The van der Waals surface area contributed by atoms with Gasteiger partial charge in [0.1, 0.15) is 0 Å². The second kappa shape index (κ2) is 10.9. The fourth-order valence-electron chi connectivity index (χ4n) is 2.35. The van der Waals surface area contributed by atoms with Crippen LogP contribution < -0.4 is 0 Å². The van der Waals surface area contributed by atoms with Gasteiger partial charge in [-0.2, -0.15) is 0 Å². The molecule has 0 fully saturated rings. The molecule has 0 radical (unpaired) electrons. The van der Waals surface area contributed by atoms with Crippen LogP contribution in [0.15, 0.2) is 30.3 Å². The van der Waals surface area contributed by atoms with Gasteiger partial charge >= 0.3 is 0 Å². The summed E-state index contributed by atoms with van der Waals surface area (Å²) in [7, 11) is 0. The SMILES string of the molecule is CCCC[C@@H](O)C[C@H](CCCC)OCc1ccccc1. The van der Waals surface area contributed by atoms with E-state index in [0.717, 1.165) is 32.1 Å². The summed E-state index contributed by atoms with van der Waals surface area (Å²) in [6.07, 6.45) is 7.26. The molecule has 0 unspecified atom stereocenters. The minimum atomic E-state index is -0.215. The molecule has 0 spiro atoms. The highest BCUT2D eigenvalue weighted by atomic mass is 16.5. The van der Waals surface area contributed by atoms with E-state index in [4.69, 9.17) is 4.74 Å². The van der Waals surface area contributed by atoms with E-state index < -0.39 is 0 Å². The Bertz CT molecular complexity index is 323. The summed E-state index contributed by atoms with van der Waals surface area (Å²) in [4.78, 5) is 0. The molecule has 0 aliphatic rings. The van der Waals surface area contributed by atoms with Gasteiger partial charge in [-0.25, -0.2) is 0 Å². The first-order valence-corrected chi connectivity index (χ1v) is 8.09. The minimum absolute atomic E-state index is 0.182. The minimum Gasteiger partial charge on any atom is -0.393 e. The number of benzene rings is 1. The summed E-state index contributed by atoms with van der Waals surface area (Å²) in [6.45, 7) is 5.00. The highest BCUT2D eigenvalue weighted by molar-refractivity contribution is 5.13. The molecule has 0 aliphatic carbocycles. The number of aliphatic hydroxyl groups excluding tert-OH is 1. The molecule has 2 atom stereocenters. The molecule has 2 heteroatoms. The van der Waals surface area contributed by atoms with Gasteiger partial charge < -0.3 is 9.84 Å². The summed E-state index contributed by atoms with van der Waals surface area (Å²) in [6, 6.07) is 10.3. The number of ether oxygens (including phenoxy) is 1. The average Bonchev–Trinajstić information content (AvgIpc) is 2.49. The molecule has 1 aromatic carbocycles. The Kier molecular flexibility index (Phi) is 9.35. The van der Waals surface area contributed by atoms with Crippen molar-refractivity contribution in [2.75, 3.05) is 0 Å². The molecule has 0 aromatic heterocycles. The lowest BCUT2D eigenvalue weighted by Crippen LogP contribution is -2.21. The van der Waals surface area contributed by atoms with Crippen LogP contribution in [0.4, 0.5) is 0 Å². The number of aliphatic hydroxyl groups is 1. The van der Waals surface area contributed by atoms with Crippen molar-refractivity contribution in [3.63, 3.8) is 0 Å². The molecule has 0 bridgehead atoms. The van der Waals surface area contributed by atoms with Gasteiger partial charge in [-0.05, 0) is 24.8 Å². The quantitative estimate of drug-likeness (QED) is 0.635. The zero-order valence-electron chi connectivity index (χ0n) is 13.1. The third kappa shape index (κ3) is 7.66. The molecule has 0 saturated heterocycles. The van der Waals surface area contributed by atoms with E-state index in [0.29, 0.717) is 6.61 Å². The van der Waals surface area contributed by atoms with E-state index in [1.807, 2.05) is 18.2 Å². The topological polar surface area (TPSA) is 29.5 Å². The maximum absolute atomic E-state index is 10.1. The van der Waals surface area contributed by atoms with Crippen molar-refractivity contribution in [2.24, 2.45) is 0 Å². The van der Waals surface area contributed by atoms with Crippen LogP contribution in [0.3, 0.4) is 0 Å². The van der Waals surface area contributed by atoms with Gasteiger partial charge in [0, 0.05) is 0 Å². The van der Waals surface area contributed by atoms with Crippen molar-refractivity contribution in [1.29, 1.82) is 0 Å². The van der Waals surface area contributed by atoms with E-state index in [1.165, 1.54) is 18.4 Å². The normalized spacial score (nSPS) is 14.2. The predicted octanol–water partition coefficient (Wildman–Crippen LogP) is 4.70. The Morgan fingerprint density at radius 2 is 1.65 bits per heavy atom. The number of hydrogen-bond donors (Lipinski definition) is 1. The highest BCUT2D eigenvalue weighted by Gasteiger charge is 2.14. The predicted molar refractivity (Wildman–Crippen MR) is 84.7 cm³/mol. The summed E-state index contributed by atoms with van der Waals surface area (Å²) in [5, 5.41) is 10.1. The van der Waals surface area contributed by atoms with Crippen LogP contribution in [-0.4, -0.2) is 17.3 Å². The molecule has 114 valence electrons. The zero-order chi connectivity index (χ0) is 14.6. The Balaban J connectivity index is 2.38. The Labute approximate surface area is 124 Å². The Hall–Kier alpha value is -0.860. The number of rotatable bonds is 11. The van der Waals surface area contributed by atoms with Crippen molar-refractivity contribution < 1.29 is 9.84 Å². The molecule has 1 N–H and O–H groups in total. The first-order valence-electron chi connectivity index (χ1n) is 8.09. The second-order valence-corrected chi connectivity index (χ2v) is 5.59. The first-order chi connectivity index (χ1) is 9.76. The molecule has 2 nitrogen and oxygen atoms in total. The third-order valence-electron chi connectivity index (χ3n) is 3.63. The van der Waals surface area contributed by atoms with Gasteiger partial charge in [-0.15, -0.1) is 0 Å². The lowest BCUT2D eigenvalue weighted by Gasteiger charge is -2.21. The van der Waals surface area contributed by atoms with Crippen molar-refractivity contribution in [1.82, 2.24) is 0 Å². The van der Waals surface area contributed by atoms with Crippen LogP contribution in [-0.2, 0) is 11.3 Å². The summed E-state index contributed by atoms with van der Waals surface area (Å²) in [5.41, 5.74) is 1.21. The number of hydrogen-bond acceptors (Lipinski definition) is 2. The molecule has 0 heterocycles. The number of unbranched alkanes of at least 4 members (excludes halogenated alkanes) is 2. The van der Waals surface area contributed by atoms with Crippen molar-refractivity contribution >= 4 is 0 Å². The van der Waals surface area contributed by atoms with Crippen LogP contribution in [0.25, 0.3) is 0 Å². The molecular weight excluding hydrogens is 248 g/mol. The van der Waals surface area contributed by atoms with E-state index in [2.05, 4.69) is 26.0 Å². The van der Waals surface area contributed by atoms with Crippen LogP contribution in [0.5, 0.6) is 0 Å². The standard InChI is InChI=1S/C18H30O2/c1-3-5-12-17(19)14-18(13-6-4-2)20-15-16-10-8-7-9-11-16/h7-11,17-19H,3-6,12-15H2,1-2H3/t17-,18+/m1/s1. The third-order valence-corrected chi connectivity index (χ3v) is 3.63. The van der Waals surface area contributed by atoms with E-state index in [-0.39, 0.29) is 12.2 Å².